The van der Waals surface area contributed by atoms with E-state index in [0.717, 1.165) is 27.8 Å². The summed E-state index contributed by atoms with van der Waals surface area (Å²) in [7, 11) is -3.56. The van der Waals surface area contributed by atoms with E-state index in [0.29, 0.717) is 25.1 Å². The second kappa shape index (κ2) is 14.1. The lowest BCUT2D eigenvalue weighted by Crippen LogP contribution is -2.50. The fraction of sp³-hybridized carbons (Fsp3) is 0.375. The highest BCUT2D eigenvalue weighted by Crippen LogP contribution is 2.25. The zero-order valence-corrected chi connectivity index (χ0v) is 25.0. The average molecular weight is 564 g/mol. The number of benzene rings is 3. The molecule has 0 radical (unpaired) electrons. The molecule has 3 aromatic rings. The van der Waals surface area contributed by atoms with Gasteiger partial charge in [-0.15, -0.1) is 0 Å². The summed E-state index contributed by atoms with van der Waals surface area (Å²) in [6, 6.07) is 22.6. The number of likely N-dealkylation sites (N-methyl/N-ethyl adjacent to an activating group) is 1. The molecule has 3 rings (SSSR count). The minimum atomic E-state index is -3.56. The molecule has 214 valence electrons. The first-order valence-corrected chi connectivity index (χ1v) is 15.6. The number of sulfonamides is 1. The van der Waals surface area contributed by atoms with E-state index in [9.17, 15) is 18.0 Å². The van der Waals surface area contributed by atoms with Gasteiger partial charge in [-0.2, -0.15) is 0 Å². The highest BCUT2D eigenvalue weighted by Gasteiger charge is 2.30. The molecule has 0 saturated heterocycles. The number of hydrogen-bond donors (Lipinski definition) is 1. The normalized spacial score (nSPS) is 12.0. The summed E-state index contributed by atoms with van der Waals surface area (Å²) < 4.78 is 26.8. The topological polar surface area (TPSA) is 86.8 Å². The van der Waals surface area contributed by atoms with E-state index in [2.05, 4.69) is 5.32 Å². The van der Waals surface area contributed by atoms with Crippen molar-refractivity contribution in [3.05, 3.63) is 101 Å². The van der Waals surface area contributed by atoms with Crippen LogP contribution in [0.25, 0.3) is 0 Å². The number of aryl methyl sites for hydroxylation is 3. The molecule has 0 aromatic heterocycles. The largest absolute Gasteiger partial charge is 0.355 e. The van der Waals surface area contributed by atoms with Crippen molar-refractivity contribution in [2.24, 2.45) is 0 Å². The smallest absolute Gasteiger partial charge is 0.243 e. The molecule has 0 bridgehead atoms. The van der Waals surface area contributed by atoms with Gasteiger partial charge in [0, 0.05) is 32.5 Å². The SMILES string of the molecule is CCNC(=O)[C@H](Cc1ccccc1)N(Cc1ccc(C)cc1)C(=O)CCCN(c1cc(C)ccc1C)S(C)(=O)=O. The van der Waals surface area contributed by atoms with Crippen LogP contribution >= 0.6 is 0 Å². The van der Waals surface area contributed by atoms with E-state index in [4.69, 9.17) is 0 Å². The summed E-state index contributed by atoms with van der Waals surface area (Å²) in [6.07, 6.45) is 1.98. The third-order valence-electron chi connectivity index (χ3n) is 6.88. The van der Waals surface area contributed by atoms with Crippen LogP contribution in [-0.2, 0) is 32.6 Å². The number of nitrogens with zero attached hydrogens (tertiary/aromatic N) is 2. The molecule has 0 aliphatic rings. The van der Waals surface area contributed by atoms with Crippen LogP contribution in [0.5, 0.6) is 0 Å². The Bertz CT molecular complexity index is 1390. The predicted octanol–water partition coefficient (Wildman–Crippen LogP) is 4.93. The van der Waals surface area contributed by atoms with Gasteiger partial charge in [0.1, 0.15) is 6.04 Å². The van der Waals surface area contributed by atoms with Crippen LogP contribution in [0.15, 0.2) is 72.8 Å². The number of carbonyl (C=O) groups excluding carboxylic acids is 2. The van der Waals surface area contributed by atoms with Gasteiger partial charge in [0.05, 0.1) is 11.9 Å². The number of anilines is 1. The van der Waals surface area contributed by atoms with Gasteiger partial charge < -0.3 is 10.2 Å². The molecule has 3 aromatic carbocycles. The van der Waals surface area contributed by atoms with Gasteiger partial charge in [0.15, 0.2) is 0 Å². The van der Waals surface area contributed by atoms with Crippen molar-refractivity contribution < 1.29 is 18.0 Å². The zero-order valence-electron chi connectivity index (χ0n) is 24.2. The van der Waals surface area contributed by atoms with E-state index in [-0.39, 0.29) is 31.3 Å². The van der Waals surface area contributed by atoms with Gasteiger partial charge in [-0.25, -0.2) is 8.42 Å². The number of rotatable bonds is 13. The molecule has 0 fully saturated rings. The first kappa shape index (κ1) is 30.9. The quantitative estimate of drug-likeness (QED) is 0.319. The Labute approximate surface area is 239 Å². The minimum Gasteiger partial charge on any atom is -0.355 e. The van der Waals surface area contributed by atoms with E-state index >= 15 is 0 Å². The van der Waals surface area contributed by atoms with Crippen LogP contribution in [0.3, 0.4) is 0 Å². The number of nitrogens with one attached hydrogen (secondary N) is 1. The monoisotopic (exact) mass is 563 g/mol. The van der Waals surface area contributed by atoms with Crippen LogP contribution in [0, 0.1) is 20.8 Å². The molecule has 0 aliphatic carbocycles. The Morgan fingerprint density at radius 1 is 0.875 bits per heavy atom. The molecule has 0 aliphatic heterocycles. The maximum atomic E-state index is 13.8. The average Bonchev–Trinajstić information content (AvgIpc) is 2.91. The fourth-order valence-corrected chi connectivity index (χ4v) is 5.72. The Morgan fingerprint density at radius 2 is 1.52 bits per heavy atom. The van der Waals surface area contributed by atoms with E-state index in [1.165, 1.54) is 10.6 Å². The first-order chi connectivity index (χ1) is 19.0. The lowest BCUT2D eigenvalue weighted by atomic mass is 10.0. The Balaban J connectivity index is 1.87. The van der Waals surface area contributed by atoms with Crippen LogP contribution < -0.4 is 9.62 Å². The van der Waals surface area contributed by atoms with Crippen molar-refractivity contribution in [2.45, 2.75) is 59.5 Å². The second-order valence-electron chi connectivity index (χ2n) is 10.3. The molecule has 0 spiro atoms. The molecule has 0 saturated carbocycles. The van der Waals surface area contributed by atoms with E-state index in [1.807, 2.05) is 100 Å². The van der Waals surface area contributed by atoms with Gasteiger partial charge in [-0.1, -0.05) is 72.3 Å². The third-order valence-corrected chi connectivity index (χ3v) is 8.06. The molecule has 0 heterocycles. The summed E-state index contributed by atoms with van der Waals surface area (Å²) >= 11 is 0. The van der Waals surface area contributed by atoms with Crippen molar-refractivity contribution in [1.82, 2.24) is 10.2 Å². The van der Waals surface area contributed by atoms with Crippen LogP contribution in [0.2, 0.25) is 0 Å². The number of amides is 2. The zero-order chi connectivity index (χ0) is 29.3. The highest BCUT2D eigenvalue weighted by molar-refractivity contribution is 7.92. The lowest BCUT2D eigenvalue weighted by Gasteiger charge is -2.32. The Hall–Kier alpha value is -3.65. The summed E-state index contributed by atoms with van der Waals surface area (Å²) in [5, 5.41) is 2.90. The van der Waals surface area contributed by atoms with Crippen molar-refractivity contribution in [3.63, 3.8) is 0 Å². The van der Waals surface area contributed by atoms with Crippen molar-refractivity contribution in [2.75, 3.05) is 23.7 Å². The molecule has 1 N–H and O–H groups in total. The highest BCUT2D eigenvalue weighted by atomic mass is 32.2. The Kier molecular flexibility index (Phi) is 10.9. The molecule has 7 nitrogen and oxygen atoms in total. The van der Waals surface area contributed by atoms with Gasteiger partial charge in [0.25, 0.3) is 0 Å². The van der Waals surface area contributed by atoms with Crippen LogP contribution in [0.1, 0.15) is 47.6 Å². The first-order valence-electron chi connectivity index (χ1n) is 13.7. The number of carbonyl (C=O) groups is 2. The van der Waals surface area contributed by atoms with Gasteiger partial charge in [-0.3, -0.25) is 13.9 Å². The third kappa shape index (κ3) is 8.68. The van der Waals surface area contributed by atoms with Crippen LogP contribution in [0.4, 0.5) is 5.69 Å². The molecular weight excluding hydrogens is 522 g/mol. The second-order valence-corrected chi connectivity index (χ2v) is 12.2. The molecule has 8 heteroatoms. The van der Waals surface area contributed by atoms with Gasteiger partial charge in [0.2, 0.25) is 21.8 Å². The standard InChI is InChI=1S/C32H41N3O4S/c1-6-33-32(37)30(22-27-11-8-7-9-12-27)34(23-28-18-15-24(2)16-19-28)31(36)13-10-20-35(40(5,38)39)29-21-25(3)14-17-26(29)4/h7-9,11-12,14-19,21,30H,6,10,13,20,22-23H2,1-5H3,(H,33,37)/t30-/m0/s1. The summed E-state index contributed by atoms with van der Waals surface area (Å²) in [4.78, 5) is 28.8. The molecule has 2 amide bonds. The summed E-state index contributed by atoms with van der Waals surface area (Å²) in [5.41, 5.74) is 5.42. The maximum Gasteiger partial charge on any atom is 0.243 e. The van der Waals surface area contributed by atoms with Gasteiger partial charge in [-0.05, 0) is 62.4 Å². The molecule has 0 unspecified atom stereocenters. The van der Waals surface area contributed by atoms with Crippen molar-refractivity contribution >= 4 is 27.5 Å². The molecular formula is C32H41N3O4S. The Morgan fingerprint density at radius 3 is 2.15 bits per heavy atom. The summed E-state index contributed by atoms with van der Waals surface area (Å²) in [5.74, 6) is -0.401. The lowest BCUT2D eigenvalue weighted by molar-refractivity contribution is -0.141. The van der Waals surface area contributed by atoms with E-state index in [1.54, 1.807) is 4.90 Å². The fourth-order valence-electron chi connectivity index (χ4n) is 4.71. The maximum absolute atomic E-state index is 13.8. The summed E-state index contributed by atoms with van der Waals surface area (Å²) in [6.45, 7) is 8.56. The molecule has 40 heavy (non-hydrogen) atoms. The number of hydrogen-bond acceptors (Lipinski definition) is 4. The minimum absolute atomic E-state index is 0.105. The van der Waals surface area contributed by atoms with Crippen molar-refractivity contribution in [1.29, 1.82) is 0 Å². The molecule has 1 atom stereocenters. The van der Waals surface area contributed by atoms with E-state index < -0.39 is 16.1 Å². The van der Waals surface area contributed by atoms with Gasteiger partial charge >= 0.3 is 0 Å². The van der Waals surface area contributed by atoms with Crippen molar-refractivity contribution in [3.8, 4) is 0 Å². The van der Waals surface area contributed by atoms with Crippen LogP contribution in [-0.4, -0.2) is 50.5 Å². The predicted molar refractivity (Wildman–Crippen MR) is 162 cm³/mol.